The fourth-order valence-electron chi connectivity index (χ4n) is 1.82. The van der Waals surface area contributed by atoms with Crippen LogP contribution in [0.1, 0.15) is 15.9 Å². The van der Waals surface area contributed by atoms with Gasteiger partial charge in [-0.1, -0.05) is 17.7 Å². The molecule has 2 N–H and O–H groups in total. The smallest absolute Gasteiger partial charge is 0.332 e. The van der Waals surface area contributed by atoms with Gasteiger partial charge in [0.15, 0.2) is 5.11 Å². The number of hydrogen-bond acceptors (Lipinski definition) is 2. The minimum Gasteiger partial charge on any atom is -0.332 e. The zero-order chi connectivity index (χ0) is 17.9. The predicted molar refractivity (Wildman–Crippen MR) is 86.5 cm³/mol. The van der Waals surface area contributed by atoms with Crippen LogP contribution < -0.4 is 10.6 Å². The van der Waals surface area contributed by atoms with Crippen molar-refractivity contribution < 1.29 is 22.4 Å². The molecule has 24 heavy (non-hydrogen) atoms. The molecule has 2 rings (SSSR count). The first-order valence-electron chi connectivity index (χ1n) is 6.41. The van der Waals surface area contributed by atoms with Crippen molar-refractivity contribution in [2.24, 2.45) is 0 Å². The van der Waals surface area contributed by atoms with Crippen LogP contribution in [0.25, 0.3) is 0 Å². The summed E-state index contributed by atoms with van der Waals surface area (Å²) in [6.45, 7) is 0. The number of benzene rings is 2. The monoisotopic (exact) mass is 376 g/mol. The molecule has 0 bridgehead atoms. The number of carbonyl (C=O) groups is 1. The minimum atomic E-state index is -4.66. The number of carbonyl (C=O) groups excluding carboxylic acids is 1. The van der Waals surface area contributed by atoms with E-state index < -0.39 is 23.5 Å². The second-order valence-electron chi connectivity index (χ2n) is 4.61. The molecule has 1 amide bonds. The summed E-state index contributed by atoms with van der Waals surface area (Å²) in [5, 5.41) is 4.01. The Morgan fingerprint density at radius 2 is 1.83 bits per heavy atom. The summed E-state index contributed by atoms with van der Waals surface area (Å²) in [5.74, 6) is -1.38. The molecular weight excluding hydrogens is 368 g/mol. The molecule has 0 aliphatic carbocycles. The maximum atomic E-state index is 13.1. The Labute approximate surface area is 144 Å². The molecule has 0 aliphatic heterocycles. The fourth-order valence-corrected chi connectivity index (χ4v) is 2.19. The molecule has 0 atom stereocenters. The van der Waals surface area contributed by atoms with Gasteiger partial charge in [0.05, 0.1) is 11.3 Å². The molecule has 0 fully saturated rings. The molecule has 0 heterocycles. The lowest BCUT2D eigenvalue weighted by atomic mass is 10.1. The van der Waals surface area contributed by atoms with Gasteiger partial charge in [0, 0.05) is 10.6 Å². The Morgan fingerprint density at radius 1 is 1.12 bits per heavy atom. The minimum absolute atomic E-state index is 0.0219. The van der Waals surface area contributed by atoms with E-state index in [-0.39, 0.29) is 21.4 Å². The number of amides is 1. The molecule has 3 nitrogen and oxygen atoms in total. The summed E-state index contributed by atoms with van der Waals surface area (Å²) in [7, 11) is 0. The van der Waals surface area contributed by atoms with Crippen LogP contribution in [-0.2, 0) is 6.18 Å². The van der Waals surface area contributed by atoms with Gasteiger partial charge in [-0.05, 0) is 48.6 Å². The van der Waals surface area contributed by atoms with Gasteiger partial charge in [-0.25, -0.2) is 4.39 Å². The van der Waals surface area contributed by atoms with Gasteiger partial charge in [-0.3, -0.25) is 10.1 Å². The van der Waals surface area contributed by atoms with E-state index in [2.05, 4.69) is 10.6 Å². The van der Waals surface area contributed by atoms with E-state index in [0.717, 1.165) is 24.3 Å². The number of thiocarbonyl (C=S) groups is 1. The molecular formula is C15H9ClF4N2OS. The van der Waals surface area contributed by atoms with Crippen molar-refractivity contribution in [2.75, 3.05) is 5.32 Å². The summed E-state index contributed by atoms with van der Waals surface area (Å²) >= 11 is 10.4. The third-order valence-corrected chi connectivity index (χ3v) is 3.29. The van der Waals surface area contributed by atoms with E-state index in [1.165, 1.54) is 18.2 Å². The second-order valence-corrected chi connectivity index (χ2v) is 5.45. The number of nitrogens with one attached hydrogen (secondary N) is 2. The molecule has 0 saturated heterocycles. The van der Waals surface area contributed by atoms with Crippen LogP contribution >= 0.6 is 23.8 Å². The van der Waals surface area contributed by atoms with E-state index in [0.29, 0.717) is 0 Å². The first-order chi connectivity index (χ1) is 11.2. The topological polar surface area (TPSA) is 41.1 Å². The Bertz CT molecular complexity index is 795. The molecule has 0 spiro atoms. The average molecular weight is 377 g/mol. The molecule has 0 radical (unpaired) electrons. The second kappa shape index (κ2) is 7.14. The van der Waals surface area contributed by atoms with Gasteiger partial charge >= 0.3 is 6.18 Å². The highest BCUT2D eigenvalue weighted by Gasteiger charge is 2.34. The van der Waals surface area contributed by atoms with Gasteiger partial charge < -0.3 is 5.32 Å². The molecule has 2 aromatic carbocycles. The first kappa shape index (κ1) is 18.2. The Balaban J connectivity index is 2.14. The van der Waals surface area contributed by atoms with Gasteiger partial charge in [0.2, 0.25) is 0 Å². The standard InChI is InChI=1S/C15H9ClF4N2OS/c16-9-4-5-12(11(7-9)15(18,19)20)21-14(24)22-13(23)8-2-1-3-10(17)6-8/h1-7H,(H2,21,22,23,24). The Morgan fingerprint density at radius 3 is 2.46 bits per heavy atom. The molecule has 2 aromatic rings. The maximum absolute atomic E-state index is 13.1. The van der Waals surface area contributed by atoms with Crippen LogP contribution in [0.15, 0.2) is 42.5 Å². The normalized spacial score (nSPS) is 11.0. The van der Waals surface area contributed by atoms with Crippen molar-refractivity contribution in [1.29, 1.82) is 0 Å². The summed E-state index contributed by atoms with van der Waals surface area (Å²) in [6.07, 6.45) is -4.66. The Kier molecular flexibility index (Phi) is 5.40. The van der Waals surface area contributed by atoms with Crippen LogP contribution in [0.2, 0.25) is 5.02 Å². The zero-order valence-corrected chi connectivity index (χ0v) is 13.3. The predicted octanol–water partition coefficient (Wildman–Crippen LogP) is 4.62. The molecule has 0 aliphatic rings. The SMILES string of the molecule is O=C(NC(=S)Nc1ccc(Cl)cc1C(F)(F)F)c1cccc(F)c1. The molecule has 9 heteroatoms. The van der Waals surface area contributed by atoms with Crippen LogP contribution in [0.5, 0.6) is 0 Å². The van der Waals surface area contributed by atoms with Crippen molar-refractivity contribution in [3.8, 4) is 0 Å². The van der Waals surface area contributed by atoms with Crippen LogP contribution in [0, 0.1) is 5.82 Å². The largest absolute Gasteiger partial charge is 0.418 e. The van der Waals surface area contributed by atoms with E-state index in [1.807, 2.05) is 0 Å². The molecule has 126 valence electrons. The van der Waals surface area contributed by atoms with Crippen LogP contribution in [0.4, 0.5) is 23.2 Å². The van der Waals surface area contributed by atoms with Crippen LogP contribution in [-0.4, -0.2) is 11.0 Å². The van der Waals surface area contributed by atoms with Crippen molar-refractivity contribution in [2.45, 2.75) is 6.18 Å². The van der Waals surface area contributed by atoms with E-state index in [4.69, 9.17) is 23.8 Å². The lowest BCUT2D eigenvalue weighted by molar-refractivity contribution is -0.136. The summed E-state index contributed by atoms with van der Waals surface area (Å²) in [4.78, 5) is 11.9. The zero-order valence-electron chi connectivity index (χ0n) is 11.7. The van der Waals surface area contributed by atoms with E-state index >= 15 is 0 Å². The highest BCUT2D eigenvalue weighted by atomic mass is 35.5. The molecule has 0 unspecified atom stereocenters. The fraction of sp³-hybridized carbons (Fsp3) is 0.0667. The van der Waals surface area contributed by atoms with Crippen molar-refractivity contribution in [1.82, 2.24) is 5.32 Å². The van der Waals surface area contributed by atoms with E-state index in [1.54, 1.807) is 0 Å². The van der Waals surface area contributed by atoms with Crippen molar-refractivity contribution in [3.63, 3.8) is 0 Å². The summed E-state index contributed by atoms with van der Waals surface area (Å²) in [5.41, 5.74) is -1.42. The quantitative estimate of drug-likeness (QED) is 0.593. The van der Waals surface area contributed by atoms with Crippen molar-refractivity contribution >= 4 is 40.5 Å². The highest BCUT2D eigenvalue weighted by Crippen LogP contribution is 2.36. The number of anilines is 1. The first-order valence-corrected chi connectivity index (χ1v) is 7.20. The number of halogens is 5. The summed E-state index contributed by atoms with van der Waals surface area (Å²) in [6, 6.07) is 7.85. The van der Waals surface area contributed by atoms with Crippen molar-refractivity contribution in [3.05, 3.63) is 64.4 Å². The number of rotatable bonds is 2. The van der Waals surface area contributed by atoms with Crippen LogP contribution in [0.3, 0.4) is 0 Å². The molecule has 0 aromatic heterocycles. The summed E-state index contributed by atoms with van der Waals surface area (Å²) < 4.78 is 52.0. The average Bonchev–Trinajstić information content (AvgIpc) is 2.48. The van der Waals surface area contributed by atoms with Gasteiger partial charge in [-0.15, -0.1) is 0 Å². The van der Waals surface area contributed by atoms with E-state index in [9.17, 15) is 22.4 Å². The van der Waals surface area contributed by atoms with Gasteiger partial charge in [-0.2, -0.15) is 13.2 Å². The lowest BCUT2D eigenvalue weighted by Gasteiger charge is -2.15. The third kappa shape index (κ3) is 4.65. The highest BCUT2D eigenvalue weighted by molar-refractivity contribution is 7.80. The maximum Gasteiger partial charge on any atom is 0.418 e. The Hall–Kier alpha value is -2.19. The van der Waals surface area contributed by atoms with Gasteiger partial charge in [0.1, 0.15) is 5.82 Å². The number of hydrogen-bond donors (Lipinski definition) is 2. The molecule has 0 saturated carbocycles. The third-order valence-electron chi connectivity index (χ3n) is 2.85. The number of alkyl halides is 3. The van der Waals surface area contributed by atoms with Gasteiger partial charge in [0.25, 0.3) is 5.91 Å². The lowest BCUT2D eigenvalue weighted by Crippen LogP contribution is -2.34.